The number of halogens is 3. The highest BCUT2D eigenvalue weighted by molar-refractivity contribution is 5.68. The van der Waals surface area contributed by atoms with Crippen molar-refractivity contribution in [1.29, 1.82) is 0 Å². The first kappa shape index (κ1) is 12.6. The minimum absolute atomic E-state index is 0.163. The molecule has 88 valence electrons. The van der Waals surface area contributed by atoms with Crippen LogP contribution in [0.1, 0.15) is 18.9 Å². The van der Waals surface area contributed by atoms with Gasteiger partial charge in [0.25, 0.3) is 0 Å². The number of hydrogen-bond acceptors (Lipinski definition) is 2. The minimum Gasteiger partial charge on any atom is -0.320 e. The van der Waals surface area contributed by atoms with Crippen molar-refractivity contribution in [2.45, 2.75) is 19.5 Å². The molecule has 0 heterocycles. The van der Waals surface area contributed by atoms with Crippen molar-refractivity contribution in [2.24, 2.45) is 5.84 Å². The zero-order chi connectivity index (χ0) is 12.2. The van der Waals surface area contributed by atoms with Gasteiger partial charge in [-0.25, -0.2) is 0 Å². The molecule has 0 aliphatic carbocycles. The Balaban J connectivity index is 3.28. The SMILES string of the molecule is CCC(=C(NN)C(F)(F)F)c1ccccc1. The van der Waals surface area contributed by atoms with E-state index in [2.05, 4.69) is 0 Å². The van der Waals surface area contributed by atoms with Crippen LogP contribution in [0.3, 0.4) is 0 Å². The Kier molecular flexibility index (Phi) is 3.95. The summed E-state index contributed by atoms with van der Waals surface area (Å²) in [6.45, 7) is 1.66. The van der Waals surface area contributed by atoms with Gasteiger partial charge in [0.1, 0.15) is 5.70 Å². The molecule has 0 saturated carbocycles. The summed E-state index contributed by atoms with van der Waals surface area (Å²) in [5.41, 5.74) is 1.54. The van der Waals surface area contributed by atoms with Gasteiger partial charge in [0, 0.05) is 0 Å². The topological polar surface area (TPSA) is 38.0 Å². The van der Waals surface area contributed by atoms with Crippen LogP contribution in [0.25, 0.3) is 5.57 Å². The molecule has 0 atom stereocenters. The predicted molar refractivity (Wildman–Crippen MR) is 57.0 cm³/mol. The fraction of sp³-hybridized carbons (Fsp3) is 0.273. The summed E-state index contributed by atoms with van der Waals surface area (Å²) >= 11 is 0. The van der Waals surface area contributed by atoms with E-state index in [9.17, 15) is 13.2 Å². The van der Waals surface area contributed by atoms with Gasteiger partial charge in [-0.3, -0.25) is 5.84 Å². The number of hydrazine groups is 1. The largest absolute Gasteiger partial charge is 0.432 e. The Bertz CT molecular complexity index is 369. The van der Waals surface area contributed by atoms with Gasteiger partial charge in [-0.2, -0.15) is 13.2 Å². The van der Waals surface area contributed by atoms with Crippen molar-refractivity contribution in [3.05, 3.63) is 41.6 Å². The molecule has 16 heavy (non-hydrogen) atoms. The highest BCUT2D eigenvalue weighted by Gasteiger charge is 2.35. The first-order chi connectivity index (χ1) is 7.50. The van der Waals surface area contributed by atoms with Crippen LogP contribution < -0.4 is 11.3 Å². The second-order valence-corrected chi connectivity index (χ2v) is 3.22. The molecule has 0 aliphatic heterocycles. The molecule has 1 aromatic carbocycles. The standard InChI is InChI=1S/C11H13F3N2/c1-2-9(8-6-4-3-5-7-8)10(16-15)11(12,13)14/h3-7,16H,2,15H2,1H3. The van der Waals surface area contributed by atoms with Crippen molar-refractivity contribution in [3.8, 4) is 0 Å². The lowest BCUT2D eigenvalue weighted by Crippen LogP contribution is -2.32. The molecular weight excluding hydrogens is 217 g/mol. The number of alkyl halides is 3. The number of nitrogens with two attached hydrogens (primary N) is 1. The fourth-order valence-corrected chi connectivity index (χ4v) is 1.50. The first-order valence-electron chi connectivity index (χ1n) is 4.83. The van der Waals surface area contributed by atoms with Gasteiger partial charge in [0.15, 0.2) is 0 Å². The Hall–Kier alpha value is -1.49. The third-order valence-corrected chi connectivity index (χ3v) is 2.21. The number of rotatable bonds is 3. The number of hydrogen-bond donors (Lipinski definition) is 2. The third kappa shape index (κ3) is 2.76. The summed E-state index contributed by atoms with van der Waals surface area (Å²) < 4.78 is 37.9. The van der Waals surface area contributed by atoms with Gasteiger partial charge >= 0.3 is 6.18 Å². The van der Waals surface area contributed by atoms with E-state index in [-0.39, 0.29) is 12.0 Å². The van der Waals surface area contributed by atoms with Crippen LogP contribution >= 0.6 is 0 Å². The normalized spacial score (nSPS) is 13.3. The predicted octanol–water partition coefficient (Wildman–Crippen LogP) is 2.83. The molecule has 1 rings (SSSR count). The van der Waals surface area contributed by atoms with Crippen LogP contribution in [0, 0.1) is 0 Å². The maximum atomic E-state index is 12.6. The molecule has 1 aromatic rings. The lowest BCUT2D eigenvalue weighted by atomic mass is 10.0. The fourth-order valence-electron chi connectivity index (χ4n) is 1.50. The van der Waals surface area contributed by atoms with Crippen molar-refractivity contribution < 1.29 is 13.2 Å². The quantitative estimate of drug-likeness (QED) is 0.619. The lowest BCUT2D eigenvalue weighted by Gasteiger charge is -2.16. The Morgan fingerprint density at radius 3 is 2.19 bits per heavy atom. The van der Waals surface area contributed by atoms with Gasteiger partial charge in [-0.05, 0) is 17.6 Å². The van der Waals surface area contributed by atoms with Gasteiger partial charge < -0.3 is 5.43 Å². The average molecular weight is 230 g/mol. The molecule has 0 aromatic heterocycles. The first-order valence-corrected chi connectivity index (χ1v) is 4.83. The van der Waals surface area contributed by atoms with Crippen molar-refractivity contribution in [2.75, 3.05) is 0 Å². The summed E-state index contributed by atoms with van der Waals surface area (Å²) in [6.07, 6.45) is -4.21. The third-order valence-electron chi connectivity index (χ3n) is 2.21. The Labute approximate surface area is 91.9 Å². The maximum absolute atomic E-state index is 12.6. The number of allylic oxidation sites excluding steroid dienone is 2. The van der Waals surface area contributed by atoms with Gasteiger partial charge in [-0.15, -0.1) is 0 Å². The molecule has 0 fully saturated rings. The summed E-state index contributed by atoms with van der Waals surface area (Å²) in [6, 6.07) is 8.38. The number of benzene rings is 1. The van der Waals surface area contributed by atoms with Crippen LogP contribution in [0.5, 0.6) is 0 Å². The van der Waals surface area contributed by atoms with E-state index in [0.29, 0.717) is 5.56 Å². The zero-order valence-electron chi connectivity index (χ0n) is 8.81. The molecule has 0 radical (unpaired) electrons. The van der Waals surface area contributed by atoms with Gasteiger partial charge in [0.2, 0.25) is 0 Å². The van der Waals surface area contributed by atoms with E-state index >= 15 is 0 Å². The van der Waals surface area contributed by atoms with Crippen LogP contribution in [0.15, 0.2) is 36.0 Å². The highest BCUT2D eigenvalue weighted by Crippen LogP contribution is 2.31. The summed E-state index contributed by atoms with van der Waals surface area (Å²) in [4.78, 5) is 0. The number of nitrogens with one attached hydrogen (secondary N) is 1. The monoisotopic (exact) mass is 230 g/mol. The summed E-state index contributed by atoms with van der Waals surface area (Å²) in [7, 11) is 0. The molecular formula is C11H13F3N2. The van der Waals surface area contributed by atoms with E-state index < -0.39 is 11.9 Å². The molecule has 0 spiro atoms. The van der Waals surface area contributed by atoms with Gasteiger partial charge in [-0.1, -0.05) is 37.3 Å². The van der Waals surface area contributed by atoms with Crippen LogP contribution in [0.4, 0.5) is 13.2 Å². The van der Waals surface area contributed by atoms with Crippen LogP contribution in [-0.2, 0) is 0 Å². The van der Waals surface area contributed by atoms with E-state index in [1.54, 1.807) is 42.7 Å². The maximum Gasteiger partial charge on any atom is 0.432 e. The molecule has 0 amide bonds. The second-order valence-electron chi connectivity index (χ2n) is 3.22. The van der Waals surface area contributed by atoms with E-state index in [1.807, 2.05) is 0 Å². The smallest absolute Gasteiger partial charge is 0.320 e. The highest BCUT2D eigenvalue weighted by atomic mass is 19.4. The molecule has 0 aliphatic rings. The lowest BCUT2D eigenvalue weighted by molar-refractivity contribution is -0.0962. The summed E-state index contributed by atoms with van der Waals surface area (Å²) in [5, 5.41) is 0. The van der Waals surface area contributed by atoms with Crippen LogP contribution in [0.2, 0.25) is 0 Å². The summed E-state index contributed by atoms with van der Waals surface area (Å²) in [5.74, 6) is 4.94. The molecule has 5 heteroatoms. The zero-order valence-corrected chi connectivity index (χ0v) is 8.81. The minimum atomic E-state index is -4.46. The van der Waals surface area contributed by atoms with Crippen LogP contribution in [-0.4, -0.2) is 6.18 Å². The molecule has 3 N–H and O–H groups in total. The average Bonchev–Trinajstić information content (AvgIpc) is 2.25. The van der Waals surface area contributed by atoms with E-state index in [4.69, 9.17) is 5.84 Å². The molecule has 0 unspecified atom stereocenters. The Morgan fingerprint density at radius 1 is 1.25 bits per heavy atom. The van der Waals surface area contributed by atoms with Crippen molar-refractivity contribution in [1.82, 2.24) is 5.43 Å². The van der Waals surface area contributed by atoms with Crippen molar-refractivity contribution in [3.63, 3.8) is 0 Å². The Morgan fingerprint density at radius 2 is 1.81 bits per heavy atom. The van der Waals surface area contributed by atoms with E-state index in [0.717, 1.165) is 0 Å². The second kappa shape index (κ2) is 5.03. The molecule has 2 nitrogen and oxygen atoms in total. The van der Waals surface area contributed by atoms with Gasteiger partial charge in [0.05, 0.1) is 0 Å². The van der Waals surface area contributed by atoms with Crippen molar-refractivity contribution >= 4 is 5.57 Å². The molecule has 0 bridgehead atoms. The molecule has 0 saturated heterocycles. The van der Waals surface area contributed by atoms with E-state index in [1.165, 1.54) is 0 Å².